The Hall–Kier alpha value is -2.90. The van der Waals surface area contributed by atoms with Gasteiger partial charge in [-0.1, -0.05) is 12.1 Å². The van der Waals surface area contributed by atoms with Crippen molar-refractivity contribution in [2.45, 2.75) is 26.6 Å². The third kappa shape index (κ3) is 3.65. The van der Waals surface area contributed by atoms with Crippen LogP contribution in [0.15, 0.2) is 30.3 Å². The van der Waals surface area contributed by atoms with Gasteiger partial charge in [-0.2, -0.15) is 18.3 Å². The van der Waals surface area contributed by atoms with Gasteiger partial charge in [-0.25, -0.2) is 4.98 Å². The van der Waals surface area contributed by atoms with E-state index in [0.29, 0.717) is 33.5 Å². The Morgan fingerprint density at radius 3 is 2.41 bits per heavy atom. The Kier molecular flexibility index (Phi) is 4.67. The van der Waals surface area contributed by atoms with Gasteiger partial charge in [0, 0.05) is 26.3 Å². The van der Waals surface area contributed by atoms with Crippen LogP contribution in [0.4, 0.5) is 13.2 Å². The van der Waals surface area contributed by atoms with Gasteiger partial charge in [-0.3, -0.25) is 9.48 Å². The van der Waals surface area contributed by atoms with Crippen LogP contribution in [-0.4, -0.2) is 32.6 Å². The van der Waals surface area contributed by atoms with Gasteiger partial charge in [-0.15, -0.1) is 0 Å². The van der Waals surface area contributed by atoms with E-state index in [1.54, 1.807) is 31.8 Å². The summed E-state index contributed by atoms with van der Waals surface area (Å²) < 4.78 is 39.7. The second-order valence-corrected chi connectivity index (χ2v) is 6.57. The Morgan fingerprint density at radius 2 is 1.81 bits per heavy atom. The lowest BCUT2D eigenvalue weighted by atomic mass is 10.1. The lowest BCUT2D eigenvalue weighted by Gasteiger charge is -2.18. The average Bonchev–Trinajstić information content (AvgIpc) is 2.87. The van der Waals surface area contributed by atoms with Crippen LogP contribution in [0.25, 0.3) is 11.0 Å². The number of hydrogen-bond acceptors (Lipinski definition) is 3. The van der Waals surface area contributed by atoms with Crippen molar-refractivity contribution in [3.8, 4) is 0 Å². The summed E-state index contributed by atoms with van der Waals surface area (Å²) in [7, 11) is 3.38. The van der Waals surface area contributed by atoms with E-state index in [1.807, 2.05) is 6.92 Å². The van der Waals surface area contributed by atoms with Gasteiger partial charge in [0.2, 0.25) is 0 Å². The van der Waals surface area contributed by atoms with Crippen molar-refractivity contribution < 1.29 is 18.0 Å². The molecule has 27 heavy (non-hydrogen) atoms. The summed E-state index contributed by atoms with van der Waals surface area (Å²) in [6.07, 6.45) is -4.38. The lowest BCUT2D eigenvalue weighted by molar-refractivity contribution is -0.137. The molecule has 0 aliphatic carbocycles. The highest BCUT2D eigenvalue weighted by Gasteiger charge is 2.30. The first-order chi connectivity index (χ1) is 12.6. The monoisotopic (exact) mass is 376 g/mol. The molecule has 0 aliphatic rings. The molecule has 142 valence electrons. The number of pyridine rings is 1. The van der Waals surface area contributed by atoms with Gasteiger partial charge < -0.3 is 4.90 Å². The van der Waals surface area contributed by atoms with Gasteiger partial charge in [0.05, 0.1) is 22.2 Å². The second-order valence-electron chi connectivity index (χ2n) is 6.57. The van der Waals surface area contributed by atoms with Crippen LogP contribution < -0.4 is 0 Å². The molecule has 0 saturated heterocycles. The lowest BCUT2D eigenvalue weighted by Crippen LogP contribution is -2.26. The molecule has 0 fully saturated rings. The second kappa shape index (κ2) is 6.68. The van der Waals surface area contributed by atoms with Crippen molar-refractivity contribution in [1.82, 2.24) is 19.7 Å². The zero-order valence-electron chi connectivity index (χ0n) is 15.4. The zero-order valence-corrected chi connectivity index (χ0v) is 15.4. The van der Waals surface area contributed by atoms with Crippen molar-refractivity contribution in [2.24, 2.45) is 7.05 Å². The topological polar surface area (TPSA) is 51.0 Å². The SMILES string of the molecule is Cc1cc(C(=O)N(C)Cc2ccc(C(F)(F)F)cc2)c2c(C)nn(C)c2n1. The number of aryl methyl sites for hydroxylation is 3. The summed E-state index contributed by atoms with van der Waals surface area (Å²) in [5, 5.41) is 5.01. The summed E-state index contributed by atoms with van der Waals surface area (Å²) in [4.78, 5) is 18.9. The van der Waals surface area contributed by atoms with Crippen molar-refractivity contribution in [2.75, 3.05) is 7.05 Å². The fraction of sp³-hybridized carbons (Fsp3) is 0.316. The summed E-state index contributed by atoms with van der Waals surface area (Å²) in [6.45, 7) is 3.81. The molecule has 2 aromatic heterocycles. The average molecular weight is 376 g/mol. The molecule has 1 aromatic carbocycles. The van der Waals surface area contributed by atoms with Crippen LogP contribution in [0.3, 0.4) is 0 Å². The highest BCUT2D eigenvalue weighted by molar-refractivity contribution is 6.06. The van der Waals surface area contributed by atoms with Crippen molar-refractivity contribution in [3.63, 3.8) is 0 Å². The minimum Gasteiger partial charge on any atom is -0.337 e. The molecule has 0 bridgehead atoms. The molecular formula is C19H19F3N4O. The van der Waals surface area contributed by atoms with Crippen molar-refractivity contribution >= 4 is 16.9 Å². The molecule has 3 rings (SSSR count). The van der Waals surface area contributed by atoms with Gasteiger partial charge >= 0.3 is 6.18 Å². The Labute approximate surface area is 154 Å². The molecule has 3 aromatic rings. The van der Waals surface area contributed by atoms with Gasteiger partial charge in [0.1, 0.15) is 0 Å². The molecule has 2 heterocycles. The fourth-order valence-electron chi connectivity index (χ4n) is 3.09. The number of nitrogens with zero attached hydrogens (tertiary/aromatic N) is 4. The van der Waals surface area contributed by atoms with Crippen LogP contribution >= 0.6 is 0 Å². The van der Waals surface area contributed by atoms with Crippen LogP contribution in [0.2, 0.25) is 0 Å². The maximum absolute atomic E-state index is 13.0. The van der Waals surface area contributed by atoms with Gasteiger partial charge in [0.25, 0.3) is 5.91 Å². The summed E-state index contributed by atoms with van der Waals surface area (Å²) in [6, 6.07) is 6.52. The first-order valence-corrected chi connectivity index (χ1v) is 8.30. The normalized spacial score (nSPS) is 11.8. The molecular weight excluding hydrogens is 357 g/mol. The molecule has 8 heteroatoms. The smallest absolute Gasteiger partial charge is 0.337 e. The van der Waals surface area contributed by atoms with Crippen LogP contribution in [0, 0.1) is 13.8 Å². The molecule has 0 saturated carbocycles. The van der Waals surface area contributed by atoms with E-state index >= 15 is 0 Å². The maximum Gasteiger partial charge on any atom is 0.416 e. The van der Waals surface area contributed by atoms with E-state index in [1.165, 1.54) is 17.0 Å². The third-order valence-corrected chi connectivity index (χ3v) is 4.37. The van der Waals surface area contributed by atoms with Crippen molar-refractivity contribution in [3.05, 3.63) is 58.4 Å². The van der Waals surface area contributed by atoms with E-state index in [9.17, 15) is 18.0 Å². The number of aromatic nitrogens is 3. The summed E-state index contributed by atoms with van der Waals surface area (Å²) >= 11 is 0. The number of carbonyl (C=O) groups is 1. The summed E-state index contributed by atoms with van der Waals surface area (Å²) in [5.41, 5.74) is 2.40. The molecule has 0 radical (unpaired) electrons. The highest BCUT2D eigenvalue weighted by Crippen LogP contribution is 2.29. The van der Waals surface area contributed by atoms with Gasteiger partial charge in [-0.05, 0) is 37.6 Å². The molecule has 0 unspecified atom stereocenters. The third-order valence-electron chi connectivity index (χ3n) is 4.37. The minimum absolute atomic E-state index is 0.194. The molecule has 0 atom stereocenters. The van der Waals surface area contributed by atoms with Crippen LogP contribution in [-0.2, 0) is 19.8 Å². The summed E-state index contributed by atoms with van der Waals surface area (Å²) in [5.74, 6) is -0.235. The predicted octanol–water partition coefficient (Wildman–Crippen LogP) is 3.88. The van der Waals surface area contributed by atoms with Crippen LogP contribution in [0.5, 0.6) is 0 Å². The Morgan fingerprint density at radius 1 is 1.19 bits per heavy atom. The number of hydrogen-bond donors (Lipinski definition) is 0. The predicted molar refractivity (Wildman–Crippen MR) is 95.2 cm³/mol. The molecule has 0 N–H and O–H groups in total. The minimum atomic E-state index is -4.38. The van der Waals surface area contributed by atoms with E-state index < -0.39 is 11.7 Å². The number of halogens is 3. The fourth-order valence-corrected chi connectivity index (χ4v) is 3.09. The first-order valence-electron chi connectivity index (χ1n) is 8.30. The zero-order chi connectivity index (χ0) is 19.9. The number of alkyl halides is 3. The molecule has 1 amide bonds. The van der Waals surface area contributed by atoms with E-state index in [0.717, 1.165) is 12.1 Å². The number of amides is 1. The molecule has 0 aliphatic heterocycles. The number of carbonyl (C=O) groups excluding carboxylic acids is 1. The number of fused-ring (bicyclic) bond motifs is 1. The first kappa shape index (κ1) is 18.9. The van der Waals surface area contributed by atoms with E-state index in [4.69, 9.17) is 0 Å². The Balaban J connectivity index is 1.89. The maximum atomic E-state index is 13.0. The molecule has 5 nitrogen and oxygen atoms in total. The quantitative estimate of drug-likeness (QED) is 0.697. The standard InChI is InChI=1S/C19H19F3N4O/c1-11-9-15(16-12(2)24-26(4)17(16)23-11)18(27)25(3)10-13-5-7-14(8-6-13)19(20,21)22/h5-9H,10H2,1-4H3. The van der Waals surface area contributed by atoms with Crippen LogP contribution in [0.1, 0.15) is 32.9 Å². The Bertz CT molecular complexity index is 1010. The molecule has 0 spiro atoms. The highest BCUT2D eigenvalue weighted by atomic mass is 19.4. The van der Waals surface area contributed by atoms with E-state index in [2.05, 4.69) is 10.1 Å². The largest absolute Gasteiger partial charge is 0.416 e. The number of benzene rings is 1. The number of rotatable bonds is 3. The van der Waals surface area contributed by atoms with E-state index in [-0.39, 0.29) is 12.5 Å². The van der Waals surface area contributed by atoms with Crippen molar-refractivity contribution in [1.29, 1.82) is 0 Å². The van der Waals surface area contributed by atoms with Gasteiger partial charge in [0.15, 0.2) is 5.65 Å².